The van der Waals surface area contributed by atoms with Gasteiger partial charge in [0.25, 0.3) is 5.91 Å². The van der Waals surface area contributed by atoms with E-state index in [-0.39, 0.29) is 11.7 Å². The van der Waals surface area contributed by atoms with E-state index in [2.05, 4.69) is 25.1 Å². The smallest absolute Gasteiger partial charge is 0.254 e. The van der Waals surface area contributed by atoms with Crippen molar-refractivity contribution in [2.75, 3.05) is 6.54 Å². The summed E-state index contributed by atoms with van der Waals surface area (Å²) in [6.45, 7) is 1.41. The van der Waals surface area contributed by atoms with Crippen LogP contribution in [0.15, 0.2) is 48.2 Å². The zero-order valence-electron chi connectivity index (χ0n) is 15.1. The van der Waals surface area contributed by atoms with Crippen LogP contribution in [0.2, 0.25) is 0 Å². The first-order valence-electron chi connectivity index (χ1n) is 8.88. The lowest BCUT2D eigenvalue weighted by atomic mass is 10.2. The van der Waals surface area contributed by atoms with Crippen LogP contribution in [-0.4, -0.2) is 47.1 Å². The van der Waals surface area contributed by atoms with Gasteiger partial charge in [-0.3, -0.25) is 14.8 Å². The molecule has 10 heteroatoms. The number of hydrogen-bond donors (Lipinski definition) is 0. The Labute approximate surface area is 168 Å². The first-order chi connectivity index (χ1) is 14.2. The molecule has 1 amide bonds. The Kier molecular flexibility index (Phi) is 4.32. The predicted molar refractivity (Wildman–Crippen MR) is 103 cm³/mol. The minimum absolute atomic E-state index is 0.153. The van der Waals surface area contributed by atoms with Gasteiger partial charge in [0.05, 0.1) is 12.7 Å². The number of halogens is 1. The summed E-state index contributed by atoms with van der Waals surface area (Å²) in [6, 6.07) is 5.56. The zero-order valence-corrected chi connectivity index (χ0v) is 15.9. The molecule has 8 nitrogen and oxygen atoms in total. The summed E-state index contributed by atoms with van der Waals surface area (Å²) in [5.41, 5.74) is 1.87. The highest BCUT2D eigenvalue weighted by Crippen LogP contribution is 2.28. The fourth-order valence-electron chi connectivity index (χ4n) is 3.20. The number of nitrogens with zero attached hydrogens (tertiary/aromatic N) is 7. The number of rotatable bonds is 3. The first-order valence-corrected chi connectivity index (χ1v) is 9.76. The maximum atomic E-state index is 13.1. The maximum absolute atomic E-state index is 13.1. The summed E-state index contributed by atoms with van der Waals surface area (Å²) < 4.78 is 15.1. The van der Waals surface area contributed by atoms with Gasteiger partial charge in [0, 0.05) is 36.4 Å². The molecule has 1 aliphatic heterocycles. The van der Waals surface area contributed by atoms with Gasteiger partial charge < -0.3 is 9.47 Å². The van der Waals surface area contributed by atoms with Gasteiger partial charge in [0.1, 0.15) is 22.2 Å². The van der Waals surface area contributed by atoms with Crippen molar-refractivity contribution in [1.82, 2.24) is 34.6 Å². The lowest BCUT2D eigenvalue weighted by molar-refractivity contribution is 0.0708. The summed E-state index contributed by atoms with van der Waals surface area (Å²) in [5.74, 6) is 0.837. The Morgan fingerprint density at radius 2 is 1.93 bits per heavy atom. The van der Waals surface area contributed by atoms with E-state index in [9.17, 15) is 9.18 Å². The van der Waals surface area contributed by atoms with Crippen LogP contribution < -0.4 is 0 Å². The SMILES string of the molecule is O=C(c1ccc(F)cc1)N1CCn2c(nnc2-c2csc(-c3cnccn3)n2)C1. The van der Waals surface area contributed by atoms with E-state index in [1.54, 1.807) is 23.5 Å². The fraction of sp³-hybridized carbons (Fsp3) is 0.158. The monoisotopic (exact) mass is 407 g/mol. The third kappa shape index (κ3) is 3.27. The average Bonchev–Trinajstić information content (AvgIpc) is 3.41. The highest BCUT2D eigenvalue weighted by molar-refractivity contribution is 7.13. The molecule has 3 aromatic heterocycles. The van der Waals surface area contributed by atoms with Crippen LogP contribution in [0.5, 0.6) is 0 Å². The van der Waals surface area contributed by atoms with Crippen LogP contribution >= 0.6 is 11.3 Å². The van der Waals surface area contributed by atoms with Crippen molar-refractivity contribution in [2.24, 2.45) is 0 Å². The molecular weight excluding hydrogens is 393 g/mol. The molecule has 0 saturated carbocycles. The third-order valence-corrected chi connectivity index (χ3v) is 5.51. The summed E-state index contributed by atoms with van der Waals surface area (Å²) in [7, 11) is 0. The van der Waals surface area contributed by atoms with Crippen LogP contribution in [0.3, 0.4) is 0 Å². The molecule has 29 heavy (non-hydrogen) atoms. The topological polar surface area (TPSA) is 89.7 Å². The molecule has 0 N–H and O–H groups in total. The van der Waals surface area contributed by atoms with E-state index in [1.165, 1.54) is 35.6 Å². The van der Waals surface area contributed by atoms with E-state index in [1.807, 2.05) is 9.95 Å². The van der Waals surface area contributed by atoms with Gasteiger partial charge in [0.15, 0.2) is 11.6 Å². The average molecular weight is 407 g/mol. The van der Waals surface area contributed by atoms with Crippen LogP contribution in [-0.2, 0) is 13.1 Å². The molecule has 0 radical (unpaired) electrons. The zero-order chi connectivity index (χ0) is 19.8. The molecule has 0 saturated heterocycles. The summed E-state index contributed by atoms with van der Waals surface area (Å²) in [6.07, 6.45) is 4.91. The third-order valence-electron chi connectivity index (χ3n) is 4.65. The Hall–Kier alpha value is -3.53. The van der Waals surface area contributed by atoms with Crippen molar-refractivity contribution in [3.05, 3.63) is 65.4 Å². The summed E-state index contributed by atoms with van der Waals surface area (Å²) >= 11 is 1.47. The van der Waals surface area contributed by atoms with Crippen molar-refractivity contribution in [2.45, 2.75) is 13.1 Å². The Balaban J connectivity index is 1.38. The van der Waals surface area contributed by atoms with E-state index in [4.69, 9.17) is 0 Å². The molecular formula is C19H14FN7OS. The van der Waals surface area contributed by atoms with Crippen molar-refractivity contribution in [3.8, 4) is 22.2 Å². The lowest BCUT2D eigenvalue weighted by Gasteiger charge is -2.27. The fourth-order valence-corrected chi connectivity index (χ4v) is 3.96. The summed E-state index contributed by atoms with van der Waals surface area (Å²) in [4.78, 5) is 27.3. The van der Waals surface area contributed by atoms with Gasteiger partial charge in [-0.1, -0.05) is 0 Å². The van der Waals surface area contributed by atoms with Crippen molar-refractivity contribution in [3.63, 3.8) is 0 Å². The molecule has 0 bridgehead atoms. The van der Waals surface area contributed by atoms with Crippen molar-refractivity contribution in [1.29, 1.82) is 0 Å². The number of hydrogen-bond acceptors (Lipinski definition) is 7. The van der Waals surface area contributed by atoms with Crippen LogP contribution in [0.25, 0.3) is 22.2 Å². The Bertz CT molecular complexity index is 1170. The Morgan fingerprint density at radius 1 is 1.07 bits per heavy atom. The molecule has 0 atom stereocenters. The number of carbonyl (C=O) groups excluding carboxylic acids is 1. The second-order valence-corrected chi connectivity index (χ2v) is 7.31. The number of fused-ring (bicyclic) bond motifs is 1. The van der Waals surface area contributed by atoms with Gasteiger partial charge in [-0.15, -0.1) is 21.5 Å². The molecule has 1 aliphatic rings. The van der Waals surface area contributed by atoms with Crippen LogP contribution in [0, 0.1) is 5.82 Å². The predicted octanol–water partition coefficient (Wildman–Crippen LogP) is 2.65. The quantitative estimate of drug-likeness (QED) is 0.519. The number of thiazole rings is 1. The molecule has 1 aromatic carbocycles. The highest BCUT2D eigenvalue weighted by Gasteiger charge is 2.26. The molecule has 0 unspecified atom stereocenters. The van der Waals surface area contributed by atoms with Gasteiger partial charge >= 0.3 is 0 Å². The van der Waals surface area contributed by atoms with E-state index in [0.29, 0.717) is 48.2 Å². The largest absolute Gasteiger partial charge is 0.329 e. The molecule has 4 aromatic rings. The first kappa shape index (κ1) is 17.6. The minimum Gasteiger partial charge on any atom is -0.329 e. The normalized spacial score (nSPS) is 13.3. The highest BCUT2D eigenvalue weighted by atomic mass is 32.1. The standard InChI is InChI=1S/C19H14FN7OS/c20-13-3-1-12(2-4-13)19(28)26-7-8-27-16(10-26)24-25-17(27)15-11-29-18(23-15)14-9-21-5-6-22-14/h1-6,9,11H,7-8,10H2. The molecule has 144 valence electrons. The summed E-state index contributed by atoms with van der Waals surface area (Å²) in [5, 5.41) is 11.2. The van der Waals surface area contributed by atoms with Crippen molar-refractivity contribution < 1.29 is 9.18 Å². The molecule has 0 fully saturated rings. The lowest BCUT2D eigenvalue weighted by Crippen LogP contribution is -2.38. The van der Waals surface area contributed by atoms with E-state index in [0.717, 1.165) is 5.01 Å². The number of benzene rings is 1. The minimum atomic E-state index is -0.367. The van der Waals surface area contributed by atoms with E-state index >= 15 is 0 Å². The van der Waals surface area contributed by atoms with Gasteiger partial charge in [0.2, 0.25) is 0 Å². The van der Waals surface area contributed by atoms with Crippen LogP contribution in [0.1, 0.15) is 16.2 Å². The van der Waals surface area contributed by atoms with Crippen LogP contribution in [0.4, 0.5) is 4.39 Å². The maximum Gasteiger partial charge on any atom is 0.254 e. The second kappa shape index (κ2) is 7.13. The number of amides is 1. The van der Waals surface area contributed by atoms with Gasteiger partial charge in [-0.2, -0.15) is 0 Å². The van der Waals surface area contributed by atoms with Gasteiger partial charge in [-0.25, -0.2) is 9.37 Å². The van der Waals surface area contributed by atoms with Gasteiger partial charge in [-0.05, 0) is 24.3 Å². The van der Waals surface area contributed by atoms with Crippen molar-refractivity contribution >= 4 is 17.2 Å². The second-order valence-electron chi connectivity index (χ2n) is 6.45. The Morgan fingerprint density at radius 3 is 2.72 bits per heavy atom. The number of carbonyl (C=O) groups is 1. The molecule has 5 rings (SSSR count). The van der Waals surface area contributed by atoms with E-state index < -0.39 is 0 Å². The molecule has 0 aliphatic carbocycles. The number of aromatic nitrogens is 6. The molecule has 0 spiro atoms. The molecule has 4 heterocycles.